The molecule has 1 N–H and O–H groups in total. The Bertz CT molecular complexity index is 675. The second-order valence-electron chi connectivity index (χ2n) is 9.65. The van der Waals surface area contributed by atoms with Crippen molar-refractivity contribution in [3.63, 3.8) is 0 Å². The van der Waals surface area contributed by atoms with Crippen molar-refractivity contribution in [2.45, 2.75) is 64.1 Å². The number of hydrogen-bond acceptors (Lipinski definition) is 3. The molecule has 3 fully saturated rings. The van der Waals surface area contributed by atoms with E-state index < -0.39 is 0 Å². The molecule has 168 valence electrons. The molecular weight excluding hydrogens is 378 g/mol. The van der Waals surface area contributed by atoms with Crippen LogP contribution in [0.1, 0.15) is 56.1 Å². The van der Waals surface area contributed by atoms with Crippen LogP contribution in [0.3, 0.4) is 0 Å². The van der Waals surface area contributed by atoms with E-state index in [1.54, 1.807) is 0 Å². The summed E-state index contributed by atoms with van der Waals surface area (Å²) in [4.78, 5) is 5.49. The van der Waals surface area contributed by atoms with E-state index >= 15 is 0 Å². The molecule has 2 aliphatic carbocycles. The van der Waals surface area contributed by atoms with Gasteiger partial charge in [-0.15, -0.1) is 0 Å². The van der Waals surface area contributed by atoms with Crippen molar-refractivity contribution in [3.05, 3.63) is 71.8 Å². The predicted molar refractivity (Wildman–Crippen MR) is 131 cm³/mol. The van der Waals surface area contributed by atoms with Crippen molar-refractivity contribution in [1.82, 2.24) is 15.1 Å². The molecule has 0 aromatic heterocycles. The van der Waals surface area contributed by atoms with E-state index in [0.29, 0.717) is 0 Å². The molecule has 1 saturated heterocycles. The molecule has 0 amide bonds. The average Bonchev–Trinajstić information content (AvgIpc) is 3.66. The predicted octanol–water partition coefficient (Wildman–Crippen LogP) is 5.32. The molecule has 0 unspecified atom stereocenters. The van der Waals surface area contributed by atoms with E-state index in [4.69, 9.17) is 0 Å². The highest BCUT2D eigenvalue weighted by molar-refractivity contribution is 5.16. The van der Waals surface area contributed by atoms with Crippen LogP contribution >= 0.6 is 0 Å². The summed E-state index contributed by atoms with van der Waals surface area (Å²) < 4.78 is 0. The summed E-state index contributed by atoms with van der Waals surface area (Å²) in [5.74, 6) is 1.07. The highest BCUT2D eigenvalue weighted by Gasteiger charge is 2.28. The van der Waals surface area contributed by atoms with Gasteiger partial charge in [-0.25, -0.2) is 0 Å². The summed E-state index contributed by atoms with van der Waals surface area (Å²) in [6.45, 7) is 8.62. The number of hydrogen-bond donors (Lipinski definition) is 1. The molecule has 2 aromatic rings. The quantitative estimate of drug-likeness (QED) is 0.655. The number of piperazine rings is 1. The molecule has 3 nitrogen and oxygen atoms in total. The Labute approximate surface area is 189 Å². The fraction of sp³-hybridized carbons (Fsp3) is 0.571. The van der Waals surface area contributed by atoms with E-state index in [-0.39, 0.29) is 0 Å². The first-order valence-corrected chi connectivity index (χ1v) is 12.6. The van der Waals surface area contributed by atoms with Gasteiger partial charge in [0.25, 0.3) is 0 Å². The van der Waals surface area contributed by atoms with E-state index in [2.05, 4.69) is 63.6 Å². The normalized spacial score (nSPS) is 20.8. The van der Waals surface area contributed by atoms with Gasteiger partial charge in [0.2, 0.25) is 0 Å². The first-order chi connectivity index (χ1) is 15.4. The maximum atomic E-state index is 3.42. The lowest BCUT2D eigenvalue weighted by Crippen LogP contribution is -2.51. The number of nitrogens with one attached hydrogen (secondary N) is 1. The van der Waals surface area contributed by atoms with Crippen molar-refractivity contribution < 1.29 is 0 Å². The molecule has 3 aliphatic rings. The molecule has 2 aromatic carbocycles. The maximum Gasteiger partial charge on any atom is 0.0208 e. The first kappa shape index (κ1) is 22.5. The standard InChI is InChI=1S/C14H26N2.C14H15N/c1-2-4-14(5-3-1)16-10-8-15(9-11-16)12-13-6-7-13;1-3-7-13(8-4-1)11-15-12-14-9-5-2-6-10-14/h13-14H,1-12H2;1-10,15H,11-12H2. The van der Waals surface area contributed by atoms with Gasteiger partial charge in [0, 0.05) is 51.9 Å². The van der Waals surface area contributed by atoms with E-state index in [1.807, 2.05) is 12.1 Å². The maximum absolute atomic E-state index is 3.42. The van der Waals surface area contributed by atoms with E-state index in [0.717, 1.165) is 25.0 Å². The SMILES string of the molecule is C1CCC(N2CCN(CC3CC3)CC2)CC1.c1ccc(CNCc2ccccc2)cc1. The lowest BCUT2D eigenvalue weighted by molar-refractivity contribution is 0.0768. The molecule has 1 aliphatic heterocycles. The van der Waals surface area contributed by atoms with Gasteiger partial charge in [-0.2, -0.15) is 0 Å². The Hall–Kier alpha value is -1.68. The molecule has 5 rings (SSSR count). The largest absolute Gasteiger partial charge is 0.309 e. The highest BCUT2D eigenvalue weighted by Crippen LogP contribution is 2.30. The number of rotatable bonds is 7. The van der Waals surface area contributed by atoms with Crippen LogP contribution in [-0.2, 0) is 13.1 Å². The zero-order valence-electron chi connectivity index (χ0n) is 19.2. The topological polar surface area (TPSA) is 18.5 Å². The van der Waals surface area contributed by atoms with Gasteiger partial charge in [0.05, 0.1) is 0 Å². The second-order valence-corrected chi connectivity index (χ2v) is 9.65. The molecule has 3 heteroatoms. The Balaban J connectivity index is 0.000000150. The van der Waals surface area contributed by atoms with Crippen LogP contribution in [0.5, 0.6) is 0 Å². The third-order valence-electron chi connectivity index (χ3n) is 7.06. The molecule has 0 radical (unpaired) electrons. The van der Waals surface area contributed by atoms with Gasteiger partial charge < -0.3 is 10.2 Å². The summed E-state index contributed by atoms with van der Waals surface area (Å²) >= 11 is 0. The minimum absolute atomic E-state index is 0.926. The smallest absolute Gasteiger partial charge is 0.0208 e. The molecule has 1 heterocycles. The van der Waals surface area contributed by atoms with Gasteiger partial charge in [-0.3, -0.25) is 4.90 Å². The van der Waals surface area contributed by atoms with E-state index in [9.17, 15) is 0 Å². The second kappa shape index (κ2) is 12.4. The van der Waals surface area contributed by atoms with Crippen LogP contribution < -0.4 is 5.32 Å². The molecule has 0 spiro atoms. The third kappa shape index (κ3) is 8.07. The summed E-state index contributed by atoms with van der Waals surface area (Å²) in [6, 6.07) is 21.8. The van der Waals surface area contributed by atoms with Gasteiger partial charge in [0.1, 0.15) is 0 Å². The lowest BCUT2D eigenvalue weighted by atomic mass is 9.94. The highest BCUT2D eigenvalue weighted by atomic mass is 15.3. The monoisotopic (exact) mass is 419 g/mol. The summed E-state index contributed by atoms with van der Waals surface area (Å²) in [7, 11) is 0. The minimum Gasteiger partial charge on any atom is -0.309 e. The van der Waals surface area contributed by atoms with Gasteiger partial charge in [-0.1, -0.05) is 79.9 Å². The number of nitrogens with zero attached hydrogens (tertiary/aromatic N) is 2. The summed E-state index contributed by atoms with van der Waals surface area (Å²) in [6.07, 6.45) is 10.4. The zero-order valence-corrected chi connectivity index (χ0v) is 19.2. The molecule has 0 bridgehead atoms. The lowest BCUT2D eigenvalue weighted by Gasteiger charge is -2.40. The molecular formula is C28H41N3. The Kier molecular flexibility index (Phi) is 8.99. The van der Waals surface area contributed by atoms with Crippen molar-refractivity contribution >= 4 is 0 Å². The zero-order chi connectivity index (χ0) is 21.1. The van der Waals surface area contributed by atoms with Crippen LogP contribution in [0.15, 0.2) is 60.7 Å². The molecule has 0 atom stereocenters. The van der Waals surface area contributed by atoms with Gasteiger partial charge >= 0.3 is 0 Å². The molecule has 31 heavy (non-hydrogen) atoms. The Morgan fingerprint density at radius 1 is 0.645 bits per heavy atom. The summed E-state index contributed by atoms with van der Waals surface area (Å²) in [5.41, 5.74) is 2.65. The van der Waals surface area contributed by atoms with Gasteiger partial charge in [-0.05, 0) is 42.7 Å². The Morgan fingerprint density at radius 2 is 1.19 bits per heavy atom. The summed E-state index contributed by atoms with van der Waals surface area (Å²) in [5, 5.41) is 3.42. The minimum atomic E-state index is 0.926. The van der Waals surface area contributed by atoms with Crippen LogP contribution in [0.4, 0.5) is 0 Å². The van der Waals surface area contributed by atoms with Crippen molar-refractivity contribution in [1.29, 1.82) is 0 Å². The first-order valence-electron chi connectivity index (χ1n) is 12.6. The Morgan fingerprint density at radius 3 is 1.71 bits per heavy atom. The van der Waals surface area contributed by atoms with Gasteiger partial charge in [0.15, 0.2) is 0 Å². The molecule has 2 saturated carbocycles. The average molecular weight is 420 g/mol. The van der Waals surface area contributed by atoms with Crippen molar-refractivity contribution in [3.8, 4) is 0 Å². The number of benzene rings is 2. The van der Waals surface area contributed by atoms with E-state index in [1.165, 1.54) is 88.8 Å². The van der Waals surface area contributed by atoms with Crippen LogP contribution in [0.25, 0.3) is 0 Å². The fourth-order valence-corrected chi connectivity index (χ4v) is 4.97. The van der Waals surface area contributed by atoms with Crippen molar-refractivity contribution in [2.75, 3.05) is 32.7 Å². The van der Waals surface area contributed by atoms with Crippen LogP contribution in [0, 0.1) is 5.92 Å². The third-order valence-corrected chi connectivity index (χ3v) is 7.06. The van der Waals surface area contributed by atoms with Crippen LogP contribution in [0.2, 0.25) is 0 Å². The van der Waals surface area contributed by atoms with Crippen molar-refractivity contribution in [2.24, 2.45) is 5.92 Å². The van der Waals surface area contributed by atoms with Crippen LogP contribution in [-0.4, -0.2) is 48.6 Å². The fourth-order valence-electron chi connectivity index (χ4n) is 4.97.